The highest BCUT2D eigenvalue weighted by atomic mass is 16.3. The van der Waals surface area contributed by atoms with E-state index < -0.39 is 5.91 Å². The van der Waals surface area contributed by atoms with Crippen LogP contribution in [0.25, 0.3) is 32.6 Å². The summed E-state index contributed by atoms with van der Waals surface area (Å²) < 4.78 is 0. The number of rotatable bonds is 5. The number of aromatic hydroxyl groups is 1. The number of hydrogen-bond donors (Lipinski definition) is 4. The Morgan fingerprint density at radius 3 is 2.50 bits per heavy atom. The Balaban J connectivity index is 1.57. The molecule has 5 aromatic carbocycles. The molecule has 1 amide bonds. The van der Waals surface area contributed by atoms with Crippen molar-refractivity contribution in [3.63, 3.8) is 0 Å². The molecule has 1 heterocycles. The van der Waals surface area contributed by atoms with Crippen molar-refractivity contribution in [1.29, 1.82) is 0 Å². The summed E-state index contributed by atoms with van der Waals surface area (Å²) >= 11 is 0. The first kappa shape index (κ1) is 23.2. The Bertz CT molecular complexity index is 1870. The first-order valence-electron chi connectivity index (χ1n) is 12.4. The Morgan fingerprint density at radius 1 is 0.921 bits per heavy atom. The number of nitrogens with one attached hydrogen (secondary N) is 2. The van der Waals surface area contributed by atoms with Crippen LogP contribution >= 0.6 is 0 Å². The number of nitrogen functional groups attached to an aromatic ring is 1. The SMILES string of the molecule is CCc1ccccc1NC(=O)c1cc2ccc3c4ccccc4[nH]c3c2c(N=Nc2ccc(N)cc2)c1O. The average Bonchev–Trinajstić information content (AvgIpc) is 3.32. The number of H-pyrrole nitrogens is 1. The van der Waals surface area contributed by atoms with Gasteiger partial charge in [0.15, 0.2) is 5.75 Å². The molecule has 38 heavy (non-hydrogen) atoms. The fourth-order valence-corrected chi connectivity index (χ4v) is 4.84. The number of phenolic OH excluding ortho intramolecular Hbond substituents is 1. The lowest BCUT2D eigenvalue weighted by Crippen LogP contribution is -2.13. The van der Waals surface area contributed by atoms with Crippen LogP contribution < -0.4 is 11.1 Å². The van der Waals surface area contributed by atoms with Crippen LogP contribution in [-0.2, 0) is 6.42 Å². The Kier molecular flexibility index (Phi) is 5.73. The average molecular weight is 500 g/mol. The third kappa shape index (κ3) is 4.00. The lowest BCUT2D eigenvalue weighted by molar-refractivity contribution is 0.102. The second-order valence-electron chi connectivity index (χ2n) is 9.13. The molecule has 7 nitrogen and oxygen atoms in total. The van der Waals surface area contributed by atoms with Crippen LogP contribution in [-0.4, -0.2) is 16.0 Å². The fraction of sp³-hybridized carbons (Fsp3) is 0.0645. The molecule has 6 rings (SSSR count). The van der Waals surface area contributed by atoms with Crippen molar-refractivity contribution < 1.29 is 9.90 Å². The molecule has 0 aliphatic heterocycles. The van der Waals surface area contributed by atoms with Crippen LogP contribution in [0.1, 0.15) is 22.8 Å². The predicted molar refractivity (Wildman–Crippen MR) is 154 cm³/mol. The standard InChI is InChI=1S/C31H25N5O2/c1-2-18-7-3-5-9-25(18)34-31(38)24-17-19-11-16-23-22-8-4-6-10-26(22)33-28(23)27(19)29(30(24)37)36-35-21-14-12-20(32)13-15-21/h3-17,33,37H,2,32H2,1H3,(H,34,38). The van der Waals surface area contributed by atoms with E-state index in [1.54, 1.807) is 30.3 Å². The van der Waals surface area contributed by atoms with Gasteiger partial charge in [-0.05, 0) is 59.8 Å². The largest absolute Gasteiger partial charge is 0.505 e. The lowest BCUT2D eigenvalue weighted by Gasteiger charge is -2.13. The number of para-hydroxylation sites is 2. The Labute approximate surface area is 218 Å². The molecule has 6 aromatic rings. The summed E-state index contributed by atoms with van der Waals surface area (Å²) in [7, 11) is 0. The van der Waals surface area contributed by atoms with Gasteiger partial charge in [-0.1, -0.05) is 55.5 Å². The molecule has 7 heteroatoms. The van der Waals surface area contributed by atoms with Crippen molar-refractivity contribution in [2.75, 3.05) is 11.1 Å². The maximum atomic E-state index is 13.5. The first-order chi connectivity index (χ1) is 18.5. The topological polar surface area (TPSA) is 116 Å². The van der Waals surface area contributed by atoms with Crippen molar-refractivity contribution in [3.8, 4) is 5.75 Å². The second kappa shape index (κ2) is 9.37. The second-order valence-corrected chi connectivity index (χ2v) is 9.13. The van der Waals surface area contributed by atoms with Crippen LogP contribution in [0, 0.1) is 0 Å². The maximum Gasteiger partial charge on any atom is 0.259 e. The van der Waals surface area contributed by atoms with Crippen LogP contribution in [0.5, 0.6) is 5.75 Å². The number of aromatic nitrogens is 1. The minimum atomic E-state index is -0.425. The van der Waals surface area contributed by atoms with E-state index in [1.165, 1.54) is 0 Å². The lowest BCUT2D eigenvalue weighted by atomic mass is 10.00. The van der Waals surface area contributed by atoms with Crippen molar-refractivity contribution in [1.82, 2.24) is 4.98 Å². The number of nitrogens with zero attached hydrogens (tertiary/aromatic N) is 2. The molecule has 0 radical (unpaired) electrons. The summed E-state index contributed by atoms with van der Waals surface area (Å²) in [6, 6.07) is 28.2. The zero-order valence-electron chi connectivity index (χ0n) is 20.7. The maximum absolute atomic E-state index is 13.5. The van der Waals surface area contributed by atoms with Crippen molar-refractivity contribution in [2.45, 2.75) is 13.3 Å². The number of azo groups is 1. The smallest absolute Gasteiger partial charge is 0.259 e. The van der Waals surface area contributed by atoms with E-state index in [4.69, 9.17) is 5.73 Å². The zero-order chi connectivity index (χ0) is 26.2. The molecule has 0 aliphatic carbocycles. The van der Waals surface area contributed by atoms with Crippen molar-refractivity contribution in [2.24, 2.45) is 10.2 Å². The summed E-state index contributed by atoms with van der Waals surface area (Å²) in [5, 5.41) is 26.7. The third-order valence-corrected chi connectivity index (χ3v) is 6.78. The quantitative estimate of drug-likeness (QED) is 0.142. The number of carbonyl (C=O) groups is 1. The van der Waals surface area contributed by atoms with Crippen molar-refractivity contribution in [3.05, 3.63) is 102 Å². The summed E-state index contributed by atoms with van der Waals surface area (Å²) in [5.41, 5.74) is 10.8. The van der Waals surface area contributed by atoms with E-state index in [0.29, 0.717) is 22.4 Å². The van der Waals surface area contributed by atoms with Gasteiger partial charge in [0.25, 0.3) is 5.91 Å². The Hall–Kier alpha value is -5.17. The number of hydrogen-bond acceptors (Lipinski definition) is 5. The van der Waals surface area contributed by atoms with Gasteiger partial charge in [0.1, 0.15) is 5.69 Å². The molecule has 0 aliphatic rings. The van der Waals surface area contributed by atoms with E-state index >= 15 is 0 Å². The molecular formula is C31H25N5O2. The van der Waals surface area contributed by atoms with Gasteiger partial charge in [-0.3, -0.25) is 4.79 Å². The van der Waals surface area contributed by atoms with Gasteiger partial charge in [0.2, 0.25) is 0 Å². The van der Waals surface area contributed by atoms with Gasteiger partial charge in [-0.15, -0.1) is 5.11 Å². The number of fused-ring (bicyclic) bond motifs is 5. The summed E-state index contributed by atoms with van der Waals surface area (Å²) in [5.74, 6) is -0.666. The molecule has 5 N–H and O–H groups in total. The number of benzene rings is 5. The highest BCUT2D eigenvalue weighted by Gasteiger charge is 2.22. The fourth-order valence-electron chi connectivity index (χ4n) is 4.84. The van der Waals surface area contributed by atoms with E-state index in [-0.39, 0.29) is 17.0 Å². The predicted octanol–water partition coefficient (Wildman–Crippen LogP) is 7.99. The normalized spacial score (nSPS) is 11.6. The van der Waals surface area contributed by atoms with Crippen LogP contribution in [0.15, 0.2) is 101 Å². The van der Waals surface area contributed by atoms with Gasteiger partial charge in [0.05, 0.1) is 16.8 Å². The number of aromatic amines is 1. The molecule has 0 unspecified atom stereocenters. The third-order valence-electron chi connectivity index (χ3n) is 6.78. The summed E-state index contributed by atoms with van der Waals surface area (Å²) in [6.07, 6.45) is 0.763. The number of aryl methyl sites for hydroxylation is 1. The van der Waals surface area contributed by atoms with Gasteiger partial charge >= 0.3 is 0 Å². The monoisotopic (exact) mass is 499 g/mol. The molecule has 1 aromatic heterocycles. The van der Waals surface area contributed by atoms with Gasteiger partial charge < -0.3 is 21.1 Å². The van der Waals surface area contributed by atoms with Crippen LogP contribution in [0.2, 0.25) is 0 Å². The highest BCUT2D eigenvalue weighted by Crippen LogP contribution is 2.44. The minimum absolute atomic E-state index is 0.116. The number of anilines is 2. The number of phenols is 1. The van der Waals surface area contributed by atoms with Gasteiger partial charge in [0, 0.05) is 33.1 Å². The molecule has 0 atom stereocenters. The molecule has 0 saturated heterocycles. The van der Waals surface area contributed by atoms with E-state index in [1.807, 2.05) is 67.6 Å². The van der Waals surface area contributed by atoms with E-state index in [0.717, 1.165) is 39.2 Å². The molecule has 0 bridgehead atoms. The first-order valence-corrected chi connectivity index (χ1v) is 12.4. The van der Waals surface area contributed by atoms with E-state index in [2.05, 4.69) is 20.5 Å². The number of carbonyl (C=O) groups excluding carboxylic acids is 1. The number of amides is 1. The molecule has 0 spiro atoms. The van der Waals surface area contributed by atoms with Crippen LogP contribution in [0.4, 0.5) is 22.7 Å². The summed E-state index contributed by atoms with van der Waals surface area (Å²) in [6.45, 7) is 2.03. The minimum Gasteiger partial charge on any atom is -0.505 e. The van der Waals surface area contributed by atoms with E-state index in [9.17, 15) is 9.90 Å². The van der Waals surface area contributed by atoms with Gasteiger partial charge in [-0.25, -0.2) is 0 Å². The molecule has 0 saturated carbocycles. The molecular weight excluding hydrogens is 474 g/mol. The molecule has 0 fully saturated rings. The van der Waals surface area contributed by atoms with Crippen molar-refractivity contribution >= 4 is 61.2 Å². The zero-order valence-corrected chi connectivity index (χ0v) is 20.7. The molecule has 186 valence electrons. The van der Waals surface area contributed by atoms with Crippen LogP contribution in [0.3, 0.4) is 0 Å². The summed E-state index contributed by atoms with van der Waals surface area (Å²) in [4.78, 5) is 16.9. The Morgan fingerprint density at radius 2 is 1.68 bits per heavy atom. The number of nitrogens with two attached hydrogens (primary N) is 1. The highest BCUT2D eigenvalue weighted by molar-refractivity contribution is 6.22. The van der Waals surface area contributed by atoms with Gasteiger partial charge in [-0.2, -0.15) is 5.11 Å².